The number of rotatable bonds is 2. The second-order valence-corrected chi connectivity index (χ2v) is 6.72. The molecule has 0 radical (unpaired) electrons. The lowest BCUT2D eigenvalue weighted by atomic mass is 9.94. The molecule has 5 heteroatoms. The first-order chi connectivity index (χ1) is 9.02. The van der Waals surface area contributed by atoms with Gasteiger partial charge in [0.25, 0.3) is 0 Å². The Balaban J connectivity index is 1.77. The van der Waals surface area contributed by atoms with Crippen LogP contribution in [0.25, 0.3) is 10.2 Å². The van der Waals surface area contributed by atoms with Crippen LogP contribution in [0.2, 0.25) is 0 Å². The van der Waals surface area contributed by atoms with Gasteiger partial charge in [0.2, 0.25) is 0 Å². The minimum atomic E-state index is -0.0446. The van der Waals surface area contributed by atoms with Crippen molar-refractivity contribution in [3.63, 3.8) is 0 Å². The minimum absolute atomic E-state index is 0.0446. The number of hydrogen-bond acceptors (Lipinski definition) is 5. The van der Waals surface area contributed by atoms with E-state index in [9.17, 15) is 0 Å². The quantitative estimate of drug-likeness (QED) is 0.827. The van der Waals surface area contributed by atoms with E-state index in [0.29, 0.717) is 6.04 Å². The number of nitrogen functional groups attached to an aromatic ring is 1. The Bertz CT molecular complexity index is 593. The Hall–Kier alpha value is -1.33. The standard InChI is InChI=1S/C14H19N3OS/c1-14(2)8-10(5-6-18-14)16-13-17-11-4-3-9(15)7-12(11)19-13/h3-4,7,10H,5-6,8,15H2,1-2H3,(H,16,17). The van der Waals surface area contributed by atoms with E-state index in [1.54, 1.807) is 11.3 Å². The summed E-state index contributed by atoms with van der Waals surface area (Å²) < 4.78 is 6.87. The highest BCUT2D eigenvalue weighted by Crippen LogP contribution is 2.31. The molecule has 3 rings (SSSR count). The van der Waals surface area contributed by atoms with E-state index in [4.69, 9.17) is 10.5 Å². The van der Waals surface area contributed by atoms with Crippen molar-refractivity contribution in [2.45, 2.75) is 38.3 Å². The maximum Gasteiger partial charge on any atom is 0.184 e. The monoisotopic (exact) mass is 277 g/mol. The number of nitrogens with two attached hydrogens (primary N) is 1. The first-order valence-electron chi connectivity index (χ1n) is 6.58. The number of anilines is 2. The third-order valence-electron chi connectivity index (χ3n) is 3.44. The van der Waals surface area contributed by atoms with Gasteiger partial charge in [0, 0.05) is 18.3 Å². The van der Waals surface area contributed by atoms with Crippen molar-refractivity contribution in [3.8, 4) is 0 Å². The van der Waals surface area contributed by atoms with Gasteiger partial charge < -0.3 is 15.8 Å². The Labute approximate surface area is 117 Å². The Morgan fingerprint density at radius 3 is 3.11 bits per heavy atom. The van der Waals surface area contributed by atoms with Crippen LogP contribution >= 0.6 is 11.3 Å². The van der Waals surface area contributed by atoms with Crippen molar-refractivity contribution < 1.29 is 4.74 Å². The largest absolute Gasteiger partial charge is 0.399 e. The lowest BCUT2D eigenvalue weighted by molar-refractivity contribution is -0.0553. The third kappa shape index (κ3) is 2.82. The van der Waals surface area contributed by atoms with Crippen molar-refractivity contribution in [1.82, 2.24) is 4.98 Å². The number of ether oxygens (including phenoxy) is 1. The number of benzene rings is 1. The molecule has 1 aliphatic rings. The minimum Gasteiger partial charge on any atom is -0.399 e. The van der Waals surface area contributed by atoms with Crippen molar-refractivity contribution in [2.75, 3.05) is 17.7 Å². The zero-order valence-electron chi connectivity index (χ0n) is 11.3. The highest BCUT2D eigenvalue weighted by molar-refractivity contribution is 7.22. The predicted octanol–water partition coefficient (Wildman–Crippen LogP) is 3.25. The fourth-order valence-electron chi connectivity index (χ4n) is 2.53. The number of aromatic nitrogens is 1. The van der Waals surface area contributed by atoms with Crippen LogP contribution in [0.15, 0.2) is 18.2 Å². The lowest BCUT2D eigenvalue weighted by Gasteiger charge is -2.35. The van der Waals surface area contributed by atoms with Crippen molar-refractivity contribution in [1.29, 1.82) is 0 Å². The highest BCUT2D eigenvalue weighted by Gasteiger charge is 2.29. The molecule has 0 spiro atoms. The molecule has 1 aromatic heterocycles. The molecule has 0 saturated carbocycles. The van der Waals surface area contributed by atoms with Crippen molar-refractivity contribution in [3.05, 3.63) is 18.2 Å². The van der Waals surface area contributed by atoms with Gasteiger partial charge in [-0.05, 0) is 44.9 Å². The molecule has 1 aliphatic heterocycles. The summed E-state index contributed by atoms with van der Waals surface area (Å²) in [5.41, 5.74) is 7.54. The summed E-state index contributed by atoms with van der Waals surface area (Å²) in [6, 6.07) is 6.28. The summed E-state index contributed by atoms with van der Waals surface area (Å²) in [6.45, 7) is 5.09. The predicted molar refractivity (Wildman–Crippen MR) is 80.7 cm³/mol. The third-order valence-corrected chi connectivity index (χ3v) is 4.39. The van der Waals surface area contributed by atoms with Crippen molar-refractivity contribution >= 4 is 32.4 Å². The lowest BCUT2D eigenvalue weighted by Crippen LogP contribution is -2.40. The molecule has 4 nitrogen and oxygen atoms in total. The summed E-state index contributed by atoms with van der Waals surface area (Å²) in [4.78, 5) is 4.61. The van der Waals surface area contributed by atoms with Gasteiger partial charge in [-0.25, -0.2) is 4.98 Å². The molecule has 0 bridgehead atoms. The molecule has 3 N–H and O–H groups in total. The average molecular weight is 277 g/mol. The Morgan fingerprint density at radius 2 is 2.32 bits per heavy atom. The molecule has 102 valence electrons. The van der Waals surface area contributed by atoms with Gasteiger partial charge in [-0.15, -0.1) is 0 Å². The second-order valence-electron chi connectivity index (χ2n) is 5.69. The Kier molecular flexibility index (Phi) is 3.11. The Morgan fingerprint density at radius 1 is 1.47 bits per heavy atom. The summed E-state index contributed by atoms with van der Waals surface area (Å²) in [5.74, 6) is 0. The maximum atomic E-state index is 5.79. The fraction of sp³-hybridized carbons (Fsp3) is 0.500. The normalized spacial score (nSPS) is 22.5. The molecule has 1 unspecified atom stereocenters. The van der Waals surface area contributed by atoms with Crippen LogP contribution in [-0.2, 0) is 4.74 Å². The zero-order chi connectivity index (χ0) is 13.5. The van der Waals surface area contributed by atoms with Gasteiger partial charge in [-0.2, -0.15) is 0 Å². The smallest absolute Gasteiger partial charge is 0.184 e. The first-order valence-corrected chi connectivity index (χ1v) is 7.40. The average Bonchev–Trinajstić information content (AvgIpc) is 2.68. The fourth-order valence-corrected chi connectivity index (χ4v) is 3.52. The van der Waals surface area contributed by atoms with Gasteiger partial charge in [-0.1, -0.05) is 11.3 Å². The molecule has 1 saturated heterocycles. The van der Waals surface area contributed by atoms with E-state index >= 15 is 0 Å². The molecule has 0 aliphatic carbocycles. The van der Waals surface area contributed by atoms with E-state index < -0.39 is 0 Å². The van der Waals surface area contributed by atoms with Gasteiger partial charge >= 0.3 is 0 Å². The van der Waals surface area contributed by atoms with Crippen LogP contribution in [0.4, 0.5) is 10.8 Å². The number of fused-ring (bicyclic) bond motifs is 1. The molecule has 19 heavy (non-hydrogen) atoms. The number of thiazole rings is 1. The van der Waals surface area contributed by atoms with Crippen LogP contribution in [0.1, 0.15) is 26.7 Å². The SMILES string of the molecule is CC1(C)CC(Nc2nc3ccc(N)cc3s2)CCO1. The maximum absolute atomic E-state index is 5.79. The van der Waals surface area contributed by atoms with Crippen LogP contribution < -0.4 is 11.1 Å². The van der Waals surface area contributed by atoms with E-state index in [1.807, 2.05) is 18.2 Å². The molecule has 0 amide bonds. The molecule has 1 fully saturated rings. The van der Waals surface area contributed by atoms with E-state index in [-0.39, 0.29) is 5.60 Å². The van der Waals surface area contributed by atoms with Crippen molar-refractivity contribution in [2.24, 2.45) is 0 Å². The van der Waals surface area contributed by atoms with Gasteiger partial charge in [-0.3, -0.25) is 0 Å². The number of nitrogens with zero attached hydrogens (tertiary/aromatic N) is 1. The van der Waals surface area contributed by atoms with Gasteiger partial charge in [0.05, 0.1) is 15.8 Å². The molecular weight excluding hydrogens is 258 g/mol. The summed E-state index contributed by atoms with van der Waals surface area (Å²) in [6.07, 6.45) is 2.03. The van der Waals surface area contributed by atoms with E-state index in [0.717, 1.165) is 40.5 Å². The van der Waals surface area contributed by atoms with Crippen LogP contribution in [-0.4, -0.2) is 23.2 Å². The van der Waals surface area contributed by atoms with Crippen LogP contribution in [0.5, 0.6) is 0 Å². The van der Waals surface area contributed by atoms with Gasteiger partial charge in [0.15, 0.2) is 5.13 Å². The summed E-state index contributed by atoms with van der Waals surface area (Å²) >= 11 is 1.66. The molecule has 1 aromatic carbocycles. The zero-order valence-corrected chi connectivity index (χ0v) is 12.1. The molecule has 1 atom stereocenters. The van der Waals surface area contributed by atoms with E-state index in [1.165, 1.54) is 0 Å². The topological polar surface area (TPSA) is 60.2 Å². The molecule has 2 aromatic rings. The number of nitrogens with one attached hydrogen (secondary N) is 1. The molecular formula is C14H19N3OS. The molecule has 2 heterocycles. The van der Waals surface area contributed by atoms with E-state index in [2.05, 4.69) is 24.1 Å². The number of hydrogen-bond donors (Lipinski definition) is 2. The second kappa shape index (κ2) is 4.65. The highest BCUT2D eigenvalue weighted by atomic mass is 32.1. The summed E-state index contributed by atoms with van der Waals surface area (Å²) in [7, 11) is 0. The van der Waals surface area contributed by atoms with Crippen LogP contribution in [0.3, 0.4) is 0 Å². The van der Waals surface area contributed by atoms with Gasteiger partial charge in [0.1, 0.15) is 0 Å². The van der Waals surface area contributed by atoms with Crippen LogP contribution in [0, 0.1) is 0 Å². The first kappa shape index (κ1) is 12.7. The summed E-state index contributed by atoms with van der Waals surface area (Å²) in [5, 5.41) is 4.51.